The molecule has 1 heterocycles. The molecule has 1 aromatic rings. The highest BCUT2D eigenvalue weighted by molar-refractivity contribution is 7.91. The number of para-hydroxylation sites is 1. The van der Waals surface area contributed by atoms with Crippen molar-refractivity contribution >= 4 is 21.7 Å². The Kier molecular flexibility index (Phi) is 4.46. The minimum absolute atomic E-state index is 0.0525. The zero-order valence-electron chi connectivity index (χ0n) is 11.2. The molecule has 0 spiro atoms. The van der Waals surface area contributed by atoms with Gasteiger partial charge in [-0.3, -0.25) is 9.59 Å². The largest absolute Gasteiger partial charge is 0.483 e. The monoisotopic (exact) mass is 312 g/mol. The summed E-state index contributed by atoms with van der Waals surface area (Å²) in [6.45, 7) is -0.331. The second-order valence-electron chi connectivity index (χ2n) is 4.82. The molecule has 21 heavy (non-hydrogen) atoms. The number of hydrogen-bond acceptors (Lipinski definition) is 5. The van der Waals surface area contributed by atoms with Crippen LogP contribution < -0.4 is 15.8 Å². The Labute approximate surface area is 122 Å². The summed E-state index contributed by atoms with van der Waals surface area (Å²) in [6.07, 6.45) is 0.401. The van der Waals surface area contributed by atoms with Crippen molar-refractivity contribution in [1.82, 2.24) is 5.32 Å². The van der Waals surface area contributed by atoms with Gasteiger partial charge in [0.15, 0.2) is 16.4 Å². The number of sulfone groups is 1. The summed E-state index contributed by atoms with van der Waals surface area (Å²) in [7, 11) is -3.06. The van der Waals surface area contributed by atoms with Gasteiger partial charge in [-0.15, -0.1) is 0 Å². The molecule has 1 aliphatic heterocycles. The van der Waals surface area contributed by atoms with Gasteiger partial charge in [-0.2, -0.15) is 0 Å². The van der Waals surface area contributed by atoms with Gasteiger partial charge in [0.25, 0.3) is 11.8 Å². The maximum absolute atomic E-state index is 12.2. The fourth-order valence-electron chi connectivity index (χ4n) is 2.10. The molecular weight excluding hydrogens is 296 g/mol. The van der Waals surface area contributed by atoms with E-state index in [-0.39, 0.29) is 29.4 Å². The van der Waals surface area contributed by atoms with Crippen LogP contribution in [0.4, 0.5) is 0 Å². The fourth-order valence-corrected chi connectivity index (χ4v) is 3.77. The number of amides is 2. The minimum atomic E-state index is -3.06. The van der Waals surface area contributed by atoms with Crippen molar-refractivity contribution in [2.45, 2.75) is 12.5 Å². The highest BCUT2D eigenvalue weighted by Gasteiger charge is 2.29. The summed E-state index contributed by atoms with van der Waals surface area (Å²) in [5.41, 5.74) is 5.24. The third-order valence-electron chi connectivity index (χ3n) is 3.07. The Hall–Kier alpha value is -2.09. The van der Waals surface area contributed by atoms with Crippen LogP contribution in [-0.4, -0.2) is 44.4 Å². The van der Waals surface area contributed by atoms with Crippen molar-refractivity contribution < 1.29 is 22.7 Å². The first-order chi connectivity index (χ1) is 9.87. The van der Waals surface area contributed by atoms with E-state index in [0.29, 0.717) is 6.42 Å². The number of carbonyl (C=O) groups is 2. The highest BCUT2D eigenvalue weighted by Crippen LogP contribution is 2.19. The molecule has 2 rings (SSSR count). The molecule has 1 atom stereocenters. The van der Waals surface area contributed by atoms with Crippen molar-refractivity contribution in [2.75, 3.05) is 18.1 Å². The molecule has 3 N–H and O–H groups in total. The van der Waals surface area contributed by atoms with Crippen molar-refractivity contribution in [3.8, 4) is 5.75 Å². The summed E-state index contributed by atoms with van der Waals surface area (Å²) in [4.78, 5) is 22.9. The van der Waals surface area contributed by atoms with Crippen molar-refractivity contribution in [3.05, 3.63) is 29.8 Å². The predicted octanol–water partition coefficient (Wildman–Crippen LogP) is -0.532. The molecule has 0 saturated carbocycles. The van der Waals surface area contributed by atoms with Crippen LogP contribution in [0, 0.1) is 0 Å². The smallest absolute Gasteiger partial charge is 0.255 e. The first-order valence-electron chi connectivity index (χ1n) is 6.39. The number of nitrogens with one attached hydrogen (secondary N) is 1. The molecule has 0 bridgehead atoms. The van der Waals surface area contributed by atoms with Gasteiger partial charge in [0.1, 0.15) is 5.75 Å². The minimum Gasteiger partial charge on any atom is -0.483 e. The first kappa shape index (κ1) is 15.3. The highest BCUT2D eigenvalue weighted by atomic mass is 32.2. The lowest BCUT2D eigenvalue weighted by atomic mass is 10.1. The van der Waals surface area contributed by atoms with Gasteiger partial charge < -0.3 is 15.8 Å². The van der Waals surface area contributed by atoms with Crippen molar-refractivity contribution in [1.29, 1.82) is 0 Å². The normalized spacial score (nSPS) is 19.9. The number of benzene rings is 1. The van der Waals surface area contributed by atoms with Gasteiger partial charge in [0.2, 0.25) is 0 Å². The standard InChI is InChI=1S/C13H16N2O5S/c14-12(16)7-20-11-4-2-1-3-10(11)13(17)15-9-5-6-21(18,19)8-9/h1-4,9H,5-8H2,(H2,14,16)(H,15,17)/t9-/m0/s1. The Morgan fingerprint density at radius 3 is 2.67 bits per heavy atom. The third kappa shape index (κ3) is 4.19. The molecule has 1 fully saturated rings. The molecule has 7 nitrogen and oxygen atoms in total. The second kappa shape index (κ2) is 6.13. The van der Waals surface area contributed by atoms with Gasteiger partial charge in [-0.05, 0) is 18.6 Å². The van der Waals surface area contributed by atoms with Gasteiger partial charge in [0.05, 0.1) is 17.1 Å². The van der Waals surface area contributed by atoms with Crippen LogP contribution in [0.1, 0.15) is 16.8 Å². The van der Waals surface area contributed by atoms with Gasteiger partial charge >= 0.3 is 0 Å². The van der Waals surface area contributed by atoms with Crippen LogP contribution in [0.3, 0.4) is 0 Å². The maximum atomic E-state index is 12.2. The summed E-state index contributed by atoms with van der Waals surface area (Å²) >= 11 is 0. The fraction of sp³-hybridized carbons (Fsp3) is 0.385. The molecule has 0 unspecified atom stereocenters. The van der Waals surface area contributed by atoms with E-state index in [1.807, 2.05) is 0 Å². The number of ether oxygens (including phenoxy) is 1. The van der Waals surface area contributed by atoms with E-state index < -0.39 is 27.7 Å². The van der Waals surface area contributed by atoms with Crippen LogP contribution in [0.25, 0.3) is 0 Å². The van der Waals surface area contributed by atoms with E-state index in [9.17, 15) is 18.0 Å². The molecule has 114 valence electrons. The quantitative estimate of drug-likeness (QED) is 0.758. The number of rotatable bonds is 5. The molecule has 0 aliphatic carbocycles. The molecule has 2 amide bonds. The lowest BCUT2D eigenvalue weighted by Gasteiger charge is -2.13. The zero-order chi connectivity index (χ0) is 15.5. The number of hydrogen-bond donors (Lipinski definition) is 2. The zero-order valence-corrected chi connectivity index (χ0v) is 12.1. The Morgan fingerprint density at radius 1 is 1.33 bits per heavy atom. The topological polar surface area (TPSA) is 116 Å². The lowest BCUT2D eigenvalue weighted by Crippen LogP contribution is -2.35. The average molecular weight is 312 g/mol. The maximum Gasteiger partial charge on any atom is 0.255 e. The Bertz CT molecular complexity index is 656. The summed E-state index contributed by atoms with van der Waals surface area (Å²) in [5, 5.41) is 2.66. The van der Waals surface area contributed by atoms with E-state index in [4.69, 9.17) is 10.5 Å². The molecule has 0 aromatic heterocycles. The van der Waals surface area contributed by atoms with Gasteiger partial charge in [-0.25, -0.2) is 8.42 Å². The van der Waals surface area contributed by atoms with E-state index in [1.54, 1.807) is 18.2 Å². The molecule has 1 saturated heterocycles. The Balaban J connectivity index is 2.07. The summed E-state index contributed by atoms with van der Waals surface area (Å²) in [5.74, 6) is -0.820. The van der Waals surface area contributed by atoms with Gasteiger partial charge in [0, 0.05) is 6.04 Å². The van der Waals surface area contributed by atoms with E-state index in [1.165, 1.54) is 6.07 Å². The average Bonchev–Trinajstić information content (AvgIpc) is 2.75. The lowest BCUT2D eigenvalue weighted by molar-refractivity contribution is -0.119. The van der Waals surface area contributed by atoms with Crippen LogP contribution in [-0.2, 0) is 14.6 Å². The van der Waals surface area contributed by atoms with Crippen molar-refractivity contribution in [2.24, 2.45) is 5.73 Å². The number of carbonyl (C=O) groups excluding carboxylic acids is 2. The van der Waals surface area contributed by atoms with Crippen molar-refractivity contribution in [3.63, 3.8) is 0 Å². The molecule has 8 heteroatoms. The summed E-state index contributed by atoms with van der Waals surface area (Å²) < 4.78 is 27.9. The van der Waals surface area contributed by atoms with E-state index in [2.05, 4.69) is 5.32 Å². The third-order valence-corrected chi connectivity index (χ3v) is 4.84. The van der Waals surface area contributed by atoms with Crippen LogP contribution in [0.2, 0.25) is 0 Å². The van der Waals surface area contributed by atoms with Crippen LogP contribution in [0.5, 0.6) is 5.75 Å². The first-order valence-corrected chi connectivity index (χ1v) is 8.21. The van der Waals surface area contributed by atoms with Crippen LogP contribution >= 0.6 is 0 Å². The SMILES string of the molecule is NC(=O)COc1ccccc1C(=O)N[C@H]1CCS(=O)(=O)C1. The second-order valence-corrected chi connectivity index (χ2v) is 7.05. The van der Waals surface area contributed by atoms with E-state index in [0.717, 1.165) is 0 Å². The molecule has 1 aromatic carbocycles. The summed E-state index contributed by atoms with van der Waals surface area (Å²) in [6, 6.07) is 6.00. The Morgan fingerprint density at radius 2 is 2.05 bits per heavy atom. The molecular formula is C13H16N2O5S. The number of nitrogens with two attached hydrogens (primary N) is 1. The van der Waals surface area contributed by atoms with Crippen LogP contribution in [0.15, 0.2) is 24.3 Å². The molecule has 0 radical (unpaired) electrons. The predicted molar refractivity (Wildman–Crippen MR) is 75.7 cm³/mol. The van der Waals surface area contributed by atoms with E-state index >= 15 is 0 Å². The number of primary amides is 1. The van der Waals surface area contributed by atoms with Gasteiger partial charge in [-0.1, -0.05) is 12.1 Å². The molecule has 1 aliphatic rings.